The van der Waals surface area contributed by atoms with E-state index in [0.717, 1.165) is 35.6 Å². The van der Waals surface area contributed by atoms with Gasteiger partial charge >= 0.3 is 20.1 Å². The van der Waals surface area contributed by atoms with E-state index in [2.05, 4.69) is 35.8 Å². The first-order valence-corrected chi connectivity index (χ1v) is 13.2. The molecule has 1 saturated carbocycles. The van der Waals surface area contributed by atoms with Crippen LogP contribution >= 0.6 is 11.3 Å². The maximum absolute atomic E-state index is 8.82. The van der Waals surface area contributed by atoms with Gasteiger partial charge < -0.3 is 10.4 Å². The molecule has 192 valence electrons. The molecule has 0 amide bonds. The van der Waals surface area contributed by atoms with Crippen LogP contribution < -0.4 is 0 Å². The van der Waals surface area contributed by atoms with Gasteiger partial charge in [0.15, 0.2) is 0 Å². The summed E-state index contributed by atoms with van der Waals surface area (Å²) in [6, 6.07) is 27.9. The molecular weight excluding hydrogens is 661 g/mol. The molecule has 2 nitrogen and oxygen atoms in total. The molecule has 1 aliphatic carbocycles. The first kappa shape index (κ1) is 23.9. The van der Waals surface area contributed by atoms with E-state index in [9.17, 15) is 0 Å². The van der Waals surface area contributed by atoms with E-state index in [-0.39, 0.29) is 38.4 Å². The number of pyridine rings is 1. The Labute approximate surface area is 249 Å². The summed E-state index contributed by atoms with van der Waals surface area (Å²) in [6.45, 7) is 3.38. The van der Waals surface area contributed by atoms with Crippen molar-refractivity contribution >= 4 is 37.7 Å². The molecule has 0 aliphatic heterocycles. The molecule has 2 aromatic heterocycles. The van der Waals surface area contributed by atoms with Crippen LogP contribution in [0.25, 0.3) is 36.8 Å². The Balaban J connectivity index is 0.000000313. The van der Waals surface area contributed by atoms with E-state index in [1.165, 1.54) is 16.2 Å². The first-order chi connectivity index (χ1) is 19.9. The van der Waals surface area contributed by atoms with Gasteiger partial charge in [-0.15, -0.1) is 23.8 Å². The summed E-state index contributed by atoms with van der Waals surface area (Å²) in [7, 11) is 0. The minimum absolute atomic E-state index is 0. The maximum Gasteiger partial charge on any atom is 3.00 e. The van der Waals surface area contributed by atoms with Gasteiger partial charge in [-0.1, -0.05) is 79.7 Å². The van der Waals surface area contributed by atoms with Crippen molar-refractivity contribution < 1.29 is 25.6 Å². The molecule has 0 spiro atoms. The van der Waals surface area contributed by atoms with E-state index in [4.69, 9.17) is 10.9 Å². The van der Waals surface area contributed by atoms with Gasteiger partial charge in [0.1, 0.15) is 0 Å². The van der Waals surface area contributed by atoms with E-state index < -0.39 is 5.89 Å². The van der Waals surface area contributed by atoms with Gasteiger partial charge in [-0.2, -0.15) is 53.9 Å². The third kappa shape index (κ3) is 8.16. The van der Waals surface area contributed by atoms with Gasteiger partial charge in [0.2, 0.25) is 0 Å². The van der Waals surface area contributed by atoms with E-state index >= 15 is 0 Å². The van der Waals surface area contributed by atoms with Crippen molar-refractivity contribution in [3.05, 3.63) is 133 Å². The zero-order valence-corrected chi connectivity index (χ0v) is 24.3. The average molecular weight is 696 g/mol. The number of hydrogen-bond acceptors (Lipinski definition) is 2. The predicted octanol–water partition coefficient (Wildman–Crippen LogP) is 9.82. The van der Waals surface area contributed by atoms with Crippen molar-refractivity contribution in [1.82, 2.24) is 4.98 Å². The fourth-order valence-corrected chi connectivity index (χ4v) is 5.18. The average Bonchev–Trinajstić information content (AvgIpc) is 3.37. The Bertz CT molecular complexity index is 1620. The molecule has 1 fully saturated rings. The molecule has 0 unspecified atom stereocenters. The third-order valence-corrected chi connectivity index (χ3v) is 6.99. The van der Waals surface area contributed by atoms with E-state index in [0.29, 0.717) is 29.7 Å². The molecule has 0 atom stereocenters. The summed E-state index contributed by atoms with van der Waals surface area (Å²) < 4.78 is 36.6. The van der Waals surface area contributed by atoms with E-state index in [1.807, 2.05) is 54.6 Å². The van der Waals surface area contributed by atoms with Crippen molar-refractivity contribution in [2.24, 2.45) is 0 Å². The summed E-state index contributed by atoms with van der Waals surface area (Å²) in [5, 5.41) is 10.2. The van der Waals surface area contributed by atoms with Crippen LogP contribution in [-0.4, -0.2) is 11.2 Å². The molecule has 0 bridgehead atoms. The minimum atomic E-state index is -0.965. The van der Waals surface area contributed by atoms with E-state index in [1.54, 1.807) is 23.5 Å². The van der Waals surface area contributed by atoms with Crippen LogP contribution in [0.15, 0.2) is 110 Å². The van der Waals surface area contributed by atoms with Gasteiger partial charge in [0, 0.05) is 12.2 Å². The van der Waals surface area contributed by atoms with Crippen LogP contribution in [0, 0.1) is 12.1 Å². The number of rotatable bonds is 4. The van der Waals surface area contributed by atoms with Gasteiger partial charge in [0.25, 0.3) is 0 Å². The molecule has 5 aromatic rings. The molecule has 0 N–H and O–H groups in total. The summed E-state index contributed by atoms with van der Waals surface area (Å²) in [5.41, 5.74) is 1.25. The first-order valence-electron chi connectivity index (χ1n) is 14.4. The Morgan fingerprint density at radius 3 is 2.42 bits per heavy atom. The predicted molar refractivity (Wildman–Crippen MR) is 161 cm³/mol. The molecule has 0 radical (unpaired) electrons. The zero-order valence-electron chi connectivity index (χ0n) is 25.0. The fraction of sp³-hybridized carbons (Fsp3) is 0.176. The molecule has 4 heteroatoms. The standard InChI is InChI=1S/C23H20NS.C6H5.C5H6N.Ir/c1-2-6-16(7-3-1)18-11-13-21(24-15-18)17-10-12-20-19-8-4-5-9-22(19)25-23(20)14-17;1-2-4-6-5-3-1;1-2-3-4-5-6;/h4-5,8-13,15-16H,1-3,6-7H2;1-5H;2-5H,1H2;/q3*-1;+3/b;;4-3-;/i11D,13D,15D,16D;;;. The maximum atomic E-state index is 8.82. The Morgan fingerprint density at radius 2 is 1.76 bits per heavy atom. The molecule has 1 aliphatic rings. The number of hydrogen-bond donors (Lipinski definition) is 0. The number of aromatic nitrogens is 1. The second-order valence-corrected chi connectivity index (χ2v) is 9.47. The molecule has 3 aromatic carbocycles. The summed E-state index contributed by atoms with van der Waals surface area (Å²) in [4.78, 5) is 4.40. The molecule has 2 heterocycles. The molecule has 38 heavy (non-hydrogen) atoms. The normalized spacial score (nSPS) is 15.4. The quantitative estimate of drug-likeness (QED) is 0.105. The van der Waals surface area contributed by atoms with Gasteiger partial charge in [-0.3, -0.25) is 0 Å². The van der Waals surface area contributed by atoms with Gasteiger partial charge in [0.05, 0.1) is 4.11 Å². The van der Waals surface area contributed by atoms with Crippen molar-refractivity contribution in [1.29, 1.82) is 0 Å². The minimum Gasteiger partial charge on any atom is -0.811 e. The van der Waals surface area contributed by atoms with Crippen molar-refractivity contribution in [3.63, 3.8) is 0 Å². The van der Waals surface area contributed by atoms with Crippen molar-refractivity contribution in [3.8, 4) is 11.3 Å². The van der Waals surface area contributed by atoms with Crippen LogP contribution in [0.3, 0.4) is 0 Å². The van der Waals surface area contributed by atoms with Crippen LogP contribution in [0.1, 0.15) is 49.0 Å². The summed E-state index contributed by atoms with van der Waals surface area (Å²) in [5.74, 6) is -0.965. The van der Waals surface area contributed by atoms with Crippen molar-refractivity contribution in [2.75, 3.05) is 0 Å². The second-order valence-electron chi connectivity index (χ2n) is 8.42. The fourth-order valence-electron chi connectivity index (χ4n) is 4.08. The van der Waals surface area contributed by atoms with Crippen LogP contribution in [0.4, 0.5) is 0 Å². The Kier molecular flexibility index (Phi) is 10.0. The van der Waals surface area contributed by atoms with Gasteiger partial charge in [-0.05, 0) is 46.1 Å². The number of allylic oxidation sites excluding steroid dienone is 3. The van der Waals surface area contributed by atoms with Crippen LogP contribution in [-0.2, 0) is 20.1 Å². The molecule has 6 rings (SSSR count). The van der Waals surface area contributed by atoms with Crippen LogP contribution in [0.5, 0.6) is 0 Å². The zero-order chi connectivity index (χ0) is 29.2. The molecular formula is C34H31IrN2S. The number of benzene rings is 3. The van der Waals surface area contributed by atoms with Crippen LogP contribution in [0.2, 0.25) is 0 Å². The SMILES string of the molecule is C=C/C=C\C=[N-].[2H]c1nc(-c2[c-]c3sc4ccccc4c3cc2)c([2H])c([2H])c1C1([2H])CCCCC1.[Ir+3].[c-]1ccccc1. The summed E-state index contributed by atoms with van der Waals surface area (Å²) >= 11 is 1.64. The number of fused-ring (bicyclic) bond motifs is 3. The Morgan fingerprint density at radius 1 is 0.974 bits per heavy atom. The van der Waals surface area contributed by atoms with Gasteiger partial charge in [-0.25, -0.2) is 0 Å². The topological polar surface area (TPSA) is 35.2 Å². The smallest absolute Gasteiger partial charge is 0.811 e. The summed E-state index contributed by atoms with van der Waals surface area (Å²) in [6.07, 6.45) is 9.84. The largest absolute Gasteiger partial charge is 3.00 e. The molecule has 0 saturated heterocycles. The Hall–Kier alpha value is -3.17. The number of thiophene rings is 1. The van der Waals surface area contributed by atoms with Crippen molar-refractivity contribution in [2.45, 2.75) is 38.0 Å². The monoisotopic (exact) mass is 696 g/mol. The third-order valence-electron chi connectivity index (χ3n) is 5.89. The number of nitrogens with zero attached hydrogens (tertiary/aromatic N) is 2. The second kappa shape index (κ2) is 15.9.